The number of hydrogen-bond acceptors (Lipinski definition) is 4. The van der Waals surface area contributed by atoms with Crippen molar-refractivity contribution in [2.75, 3.05) is 32.8 Å². The summed E-state index contributed by atoms with van der Waals surface area (Å²) in [6.07, 6.45) is 2.27. The smallest absolute Gasteiger partial charge is 0.320 e. The van der Waals surface area contributed by atoms with Gasteiger partial charge in [-0.1, -0.05) is 24.3 Å². The zero-order valence-corrected chi connectivity index (χ0v) is 16.5. The van der Waals surface area contributed by atoms with Crippen LogP contribution in [-0.4, -0.2) is 71.7 Å². The quantitative estimate of drug-likeness (QED) is 0.769. The number of pyridine rings is 1. The van der Waals surface area contributed by atoms with Gasteiger partial charge in [-0.2, -0.15) is 4.39 Å². The van der Waals surface area contributed by atoms with Gasteiger partial charge in [0.1, 0.15) is 6.61 Å². The van der Waals surface area contributed by atoms with Gasteiger partial charge in [0.15, 0.2) is 0 Å². The van der Waals surface area contributed by atoms with Crippen molar-refractivity contribution >= 4 is 11.9 Å². The molecule has 7 nitrogen and oxygen atoms in total. The van der Waals surface area contributed by atoms with Crippen molar-refractivity contribution in [1.29, 1.82) is 0 Å². The molecular formula is C22H23FN4O3. The highest BCUT2D eigenvalue weighted by Crippen LogP contribution is 2.30. The van der Waals surface area contributed by atoms with E-state index in [1.807, 2.05) is 21.9 Å². The Kier molecular flexibility index (Phi) is 4.86. The summed E-state index contributed by atoms with van der Waals surface area (Å²) < 4.78 is 18.5. The summed E-state index contributed by atoms with van der Waals surface area (Å²) in [5.74, 6) is -0.295. The summed E-state index contributed by atoms with van der Waals surface area (Å²) >= 11 is 0. The normalized spacial score (nSPS) is 24.1. The lowest BCUT2D eigenvalue weighted by Crippen LogP contribution is -2.63. The van der Waals surface area contributed by atoms with Crippen LogP contribution in [0.4, 0.5) is 9.18 Å². The Bertz CT molecular complexity index is 944. The number of morpholine rings is 1. The Balaban J connectivity index is 1.16. The predicted octanol–water partition coefficient (Wildman–Crippen LogP) is 2.00. The van der Waals surface area contributed by atoms with Gasteiger partial charge < -0.3 is 19.9 Å². The highest BCUT2D eigenvalue weighted by molar-refractivity contribution is 5.79. The van der Waals surface area contributed by atoms with Gasteiger partial charge in [0.2, 0.25) is 11.9 Å². The van der Waals surface area contributed by atoms with E-state index in [2.05, 4.69) is 22.4 Å². The Morgan fingerprint density at radius 1 is 1.07 bits per heavy atom. The highest BCUT2D eigenvalue weighted by atomic mass is 19.1. The van der Waals surface area contributed by atoms with Gasteiger partial charge in [0.05, 0.1) is 12.1 Å². The molecule has 1 aromatic carbocycles. The van der Waals surface area contributed by atoms with Crippen LogP contribution in [0.2, 0.25) is 0 Å². The number of carbonyl (C=O) groups is 2. The van der Waals surface area contributed by atoms with Gasteiger partial charge >= 0.3 is 6.03 Å². The number of carbonyl (C=O) groups excluding carboxylic acids is 2. The second kappa shape index (κ2) is 7.68. The average molecular weight is 410 g/mol. The molecule has 156 valence electrons. The molecule has 30 heavy (non-hydrogen) atoms. The van der Waals surface area contributed by atoms with Crippen molar-refractivity contribution in [2.24, 2.45) is 0 Å². The molecule has 3 aliphatic rings. The number of urea groups is 1. The molecule has 0 radical (unpaired) electrons. The first-order chi connectivity index (χ1) is 14.6. The molecule has 0 unspecified atom stereocenters. The molecule has 1 N–H and O–H groups in total. The maximum absolute atomic E-state index is 13.0. The van der Waals surface area contributed by atoms with E-state index in [0.29, 0.717) is 32.1 Å². The molecule has 0 saturated carbocycles. The molecule has 3 fully saturated rings. The number of amides is 3. The van der Waals surface area contributed by atoms with Crippen LogP contribution in [0, 0.1) is 5.95 Å². The molecule has 3 aliphatic heterocycles. The Hall–Kier alpha value is -3.00. The number of nitrogens with zero attached hydrogens (tertiary/aromatic N) is 3. The van der Waals surface area contributed by atoms with E-state index >= 15 is 0 Å². The Morgan fingerprint density at radius 3 is 2.57 bits per heavy atom. The first-order valence-corrected chi connectivity index (χ1v) is 10.2. The topological polar surface area (TPSA) is 74.8 Å². The lowest BCUT2D eigenvalue weighted by Gasteiger charge is -2.46. The van der Waals surface area contributed by atoms with Gasteiger partial charge in [-0.3, -0.25) is 4.79 Å². The predicted molar refractivity (Wildman–Crippen MR) is 107 cm³/mol. The van der Waals surface area contributed by atoms with Crippen molar-refractivity contribution in [3.63, 3.8) is 0 Å². The van der Waals surface area contributed by atoms with Crippen LogP contribution in [0.15, 0.2) is 42.6 Å². The van der Waals surface area contributed by atoms with Gasteiger partial charge in [0, 0.05) is 43.9 Å². The summed E-state index contributed by atoms with van der Waals surface area (Å²) in [7, 11) is 0. The molecule has 2 atom stereocenters. The van der Waals surface area contributed by atoms with Crippen LogP contribution in [0.1, 0.15) is 17.9 Å². The molecule has 0 spiro atoms. The second-order valence-corrected chi connectivity index (χ2v) is 8.13. The SMILES string of the molecule is O=C1CO[C@H]2CCN(C(=O)N3CC(c4ccc(-c5ccc(F)nc5)cc4)C3)C[C@H]2N1. The van der Waals surface area contributed by atoms with Gasteiger partial charge in [-0.15, -0.1) is 0 Å². The maximum Gasteiger partial charge on any atom is 0.320 e. The van der Waals surface area contributed by atoms with Crippen LogP contribution in [-0.2, 0) is 9.53 Å². The third-order valence-electron chi connectivity index (χ3n) is 6.19. The van der Waals surface area contributed by atoms with Crippen molar-refractivity contribution in [3.05, 3.63) is 54.1 Å². The average Bonchev–Trinajstić information content (AvgIpc) is 2.73. The van der Waals surface area contributed by atoms with Crippen molar-refractivity contribution in [3.8, 4) is 11.1 Å². The number of ether oxygens (including phenoxy) is 1. The zero-order chi connectivity index (χ0) is 20.7. The number of nitrogens with one attached hydrogen (secondary N) is 1. The molecule has 5 rings (SSSR count). The van der Waals surface area contributed by atoms with E-state index in [1.54, 1.807) is 6.07 Å². The fourth-order valence-corrected chi connectivity index (χ4v) is 4.41. The summed E-state index contributed by atoms with van der Waals surface area (Å²) in [5, 5.41) is 2.93. The number of piperidine rings is 1. The number of rotatable bonds is 2. The van der Waals surface area contributed by atoms with Crippen molar-refractivity contribution in [1.82, 2.24) is 20.1 Å². The fraction of sp³-hybridized carbons (Fsp3) is 0.409. The van der Waals surface area contributed by atoms with E-state index in [4.69, 9.17) is 4.74 Å². The van der Waals surface area contributed by atoms with Crippen LogP contribution in [0.5, 0.6) is 0 Å². The lowest BCUT2D eigenvalue weighted by molar-refractivity contribution is -0.139. The summed E-state index contributed by atoms with van der Waals surface area (Å²) in [6, 6.07) is 11.1. The van der Waals surface area contributed by atoms with E-state index in [0.717, 1.165) is 17.5 Å². The van der Waals surface area contributed by atoms with Crippen LogP contribution in [0.3, 0.4) is 0 Å². The number of halogens is 1. The number of aromatic nitrogens is 1. The summed E-state index contributed by atoms with van der Waals surface area (Å²) in [6.45, 7) is 2.63. The summed E-state index contributed by atoms with van der Waals surface area (Å²) in [4.78, 5) is 31.8. The van der Waals surface area contributed by atoms with Crippen LogP contribution >= 0.6 is 0 Å². The minimum Gasteiger partial charge on any atom is -0.366 e. The minimum absolute atomic E-state index is 0.00529. The Labute approximate surface area is 173 Å². The fourth-order valence-electron chi connectivity index (χ4n) is 4.41. The van der Waals surface area contributed by atoms with Crippen molar-refractivity contribution < 1.29 is 18.7 Å². The number of hydrogen-bond donors (Lipinski definition) is 1. The molecule has 4 heterocycles. The van der Waals surface area contributed by atoms with Gasteiger partial charge in [-0.25, -0.2) is 9.78 Å². The second-order valence-electron chi connectivity index (χ2n) is 8.13. The van der Waals surface area contributed by atoms with E-state index in [1.165, 1.54) is 17.8 Å². The first kappa shape index (κ1) is 19.0. The maximum atomic E-state index is 13.0. The lowest BCUT2D eigenvalue weighted by atomic mass is 9.90. The standard InChI is InChI=1S/C22H23FN4O3/c23-20-6-5-16(9-24-20)14-1-3-15(4-2-14)17-10-27(11-17)22(29)26-8-7-19-18(12-26)25-21(28)13-30-19/h1-6,9,17-19H,7-8,10-13H2,(H,25,28)/t18-,19+/m1/s1. The van der Waals surface area contributed by atoms with Crippen LogP contribution < -0.4 is 5.32 Å². The number of likely N-dealkylation sites (tertiary alicyclic amines) is 2. The van der Waals surface area contributed by atoms with E-state index in [9.17, 15) is 14.0 Å². The van der Waals surface area contributed by atoms with E-state index in [-0.39, 0.29) is 30.7 Å². The molecular weight excluding hydrogens is 387 g/mol. The molecule has 0 bridgehead atoms. The Morgan fingerprint density at radius 2 is 1.83 bits per heavy atom. The van der Waals surface area contributed by atoms with Crippen LogP contribution in [0.25, 0.3) is 11.1 Å². The third kappa shape index (κ3) is 3.63. The molecule has 2 aromatic rings. The first-order valence-electron chi connectivity index (χ1n) is 10.2. The summed E-state index contributed by atoms with van der Waals surface area (Å²) in [5.41, 5.74) is 3.04. The number of fused-ring (bicyclic) bond motifs is 1. The molecule has 1 aromatic heterocycles. The van der Waals surface area contributed by atoms with Crippen molar-refractivity contribution in [2.45, 2.75) is 24.5 Å². The van der Waals surface area contributed by atoms with Gasteiger partial charge in [-0.05, 0) is 29.7 Å². The molecule has 8 heteroatoms. The molecule has 0 aliphatic carbocycles. The molecule has 3 amide bonds. The number of benzene rings is 1. The highest BCUT2D eigenvalue weighted by Gasteiger charge is 2.40. The van der Waals surface area contributed by atoms with Gasteiger partial charge in [0.25, 0.3) is 0 Å². The zero-order valence-electron chi connectivity index (χ0n) is 16.5. The van der Waals surface area contributed by atoms with E-state index < -0.39 is 5.95 Å². The third-order valence-corrected chi connectivity index (χ3v) is 6.19. The largest absolute Gasteiger partial charge is 0.366 e. The monoisotopic (exact) mass is 410 g/mol. The molecule has 3 saturated heterocycles. The minimum atomic E-state index is -0.489.